The Bertz CT molecular complexity index is 405. The van der Waals surface area contributed by atoms with E-state index >= 15 is 0 Å². The van der Waals surface area contributed by atoms with Crippen molar-refractivity contribution in [2.75, 3.05) is 0 Å². The van der Waals surface area contributed by atoms with Crippen molar-refractivity contribution in [1.82, 2.24) is 0 Å². The molecule has 4 nitrogen and oxygen atoms in total. The molecule has 0 aliphatic rings. The third-order valence-corrected chi connectivity index (χ3v) is 3.11. The van der Waals surface area contributed by atoms with Crippen LogP contribution in [0.5, 0.6) is 0 Å². The minimum Gasteiger partial charge on any atom is -0.480 e. The molecule has 0 spiro atoms. The Hall–Kier alpha value is -1.33. The molecule has 0 aromatic heterocycles. The Labute approximate surface area is 142 Å². The summed E-state index contributed by atoms with van der Waals surface area (Å²) in [5.41, 5.74) is -3.36. The third-order valence-electron chi connectivity index (χ3n) is 3.11. The van der Waals surface area contributed by atoms with Crippen LogP contribution < -0.4 is 0 Å². The van der Waals surface area contributed by atoms with Gasteiger partial charge >= 0.3 is 35.0 Å². The fraction of sp³-hybridized carbons (Fsp3) is 0.375. The van der Waals surface area contributed by atoms with E-state index in [1.807, 2.05) is 0 Å². The van der Waals surface area contributed by atoms with E-state index in [1.54, 1.807) is 52.0 Å². The van der Waals surface area contributed by atoms with E-state index in [1.165, 1.54) is 24.3 Å². The molecule has 21 heavy (non-hydrogen) atoms. The van der Waals surface area contributed by atoms with E-state index in [0.29, 0.717) is 0 Å². The highest BCUT2D eigenvalue weighted by molar-refractivity contribution is 5.93. The van der Waals surface area contributed by atoms with Gasteiger partial charge in [-0.1, -0.05) is 48.6 Å². The van der Waals surface area contributed by atoms with Crippen LogP contribution in [-0.4, -0.2) is 45.2 Å². The zero-order valence-corrected chi connectivity index (χ0v) is 12.3. The monoisotopic (exact) mass is 304 g/mol. The van der Waals surface area contributed by atoms with Gasteiger partial charge in [-0.2, -0.15) is 0 Å². The fourth-order valence-electron chi connectivity index (χ4n) is 2.35. The molecule has 0 bridgehead atoms. The average Bonchev–Trinajstić information content (AvgIpc) is 2.37. The summed E-state index contributed by atoms with van der Waals surface area (Å²) in [6.07, 6.45) is 11.8. The summed E-state index contributed by atoms with van der Waals surface area (Å²) in [6.45, 7) is 6.66. The Morgan fingerprint density at radius 3 is 0.952 bits per heavy atom. The van der Waals surface area contributed by atoms with Crippen LogP contribution in [0.25, 0.3) is 0 Å². The van der Waals surface area contributed by atoms with Gasteiger partial charge in [-0.3, -0.25) is 9.59 Å². The second-order valence-electron chi connectivity index (χ2n) is 4.35. The van der Waals surface area contributed by atoms with Gasteiger partial charge in [0, 0.05) is 0 Å². The molecule has 0 amide bonds. The molecule has 5 heteroatoms. The SMILES string of the molecule is CC=CC(C=CC)(C(=O)O)C(C=CC)(C=CC)C(=O)O.[MgH2]. The molecular weight excluding hydrogens is 280 g/mol. The minimum atomic E-state index is -1.68. The number of hydrogen-bond acceptors (Lipinski definition) is 2. The van der Waals surface area contributed by atoms with Gasteiger partial charge in [0.05, 0.1) is 0 Å². The molecule has 0 heterocycles. The molecule has 0 saturated heterocycles. The second-order valence-corrected chi connectivity index (χ2v) is 4.35. The van der Waals surface area contributed by atoms with Gasteiger partial charge in [0.2, 0.25) is 0 Å². The predicted octanol–water partition coefficient (Wildman–Crippen LogP) is 2.52. The van der Waals surface area contributed by atoms with Crippen molar-refractivity contribution < 1.29 is 19.8 Å². The number of carboxylic acids is 2. The first-order chi connectivity index (χ1) is 9.38. The highest BCUT2D eigenvalue weighted by Gasteiger charge is 2.55. The second kappa shape index (κ2) is 9.58. The minimum absolute atomic E-state index is 0. The number of aliphatic carboxylic acids is 2. The van der Waals surface area contributed by atoms with Crippen molar-refractivity contribution in [1.29, 1.82) is 0 Å². The zero-order chi connectivity index (χ0) is 15.8. The molecule has 0 aliphatic carbocycles. The van der Waals surface area contributed by atoms with Gasteiger partial charge in [0.25, 0.3) is 0 Å². The Kier molecular flexibility index (Phi) is 10.0. The highest BCUT2D eigenvalue weighted by Crippen LogP contribution is 2.46. The molecule has 2 N–H and O–H groups in total. The lowest BCUT2D eigenvalue weighted by atomic mass is 9.62. The van der Waals surface area contributed by atoms with Crippen LogP contribution in [-0.2, 0) is 9.59 Å². The summed E-state index contributed by atoms with van der Waals surface area (Å²) < 4.78 is 0. The maximum Gasteiger partial charge on any atom is 0.319 e. The molecule has 0 saturated carbocycles. The molecule has 0 rings (SSSR count). The molecule has 0 aromatic rings. The van der Waals surface area contributed by atoms with Crippen molar-refractivity contribution in [2.45, 2.75) is 27.7 Å². The lowest BCUT2D eigenvalue weighted by Crippen LogP contribution is -2.48. The molecule has 0 aliphatic heterocycles. The molecule has 0 unspecified atom stereocenters. The van der Waals surface area contributed by atoms with Crippen molar-refractivity contribution in [3.63, 3.8) is 0 Å². The van der Waals surface area contributed by atoms with Crippen LogP contribution in [0.2, 0.25) is 0 Å². The highest BCUT2D eigenvalue weighted by atomic mass is 24.3. The van der Waals surface area contributed by atoms with E-state index in [0.717, 1.165) is 0 Å². The Morgan fingerprint density at radius 2 is 0.857 bits per heavy atom. The largest absolute Gasteiger partial charge is 0.480 e. The van der Waals surface area contributed by atoms with Gasteiger partial charge < -0.3 is 10.2 Å². The van der Waals surface area contributed by atoms with Crippen LogP contribution in [0.4, 0.5) is 0 Å². The summed E-state index contributed by atoms with van der Waals surface area (Å²) in [7, 11) is 0. The summed E-state index contributed by atoms with van der Waals surface area (Å²) in [6, 6.07) is 0. The summed E-state index contributed by atoms with van der Waals surface area (Å²) in [4.78, 5) is 23.7. The van der Waals surface area contributed by atoms with E-state index in [9.17, 15) is 19.8 Å². The van der Waals surface area contributed by atoms with Crippen LogP contribution in [0.1, 0.15) is 27.7 Å². The van der Waals surface area contributed by atoms with Gasteiger partial charge in [-0.05, 0) is 27.7 Å². The average molecular weight is 305 g/mol. The van der Waals surface area contributed by atoms with Gasteiger partial charge in [0.1, 0.15) is 10.8 Å². The standard InChI is InChI=1S/C16H22O4.Mg.2H/c1-5-9-15(10-6-2,13(17)18)16(11-7-3,12-8-4)14(19)20;;;/h5-12H,1-4H3,(H,17,18)(H,19,20);;;. The molecular formula is C16H24MgO4. The van der Waals surface area contributed by atoms with E-state index in [-0.39, 0.29) is 23.1 Å². The first-order valence-corrected chi connectivity index (χ1v) is 6.40. The fourth-order valence-corrected chi connectivity index (χ4v) is 2.35. The Balaban J connectivity index is 0. The molecule has 0 aromatic carbocycles. The predicted molar refractivity (Wildman–Crippen MR) is 87.9 cm³/mol. The summed E-state index contributed by atoms with van der Waals surface area (Å²) >= 11 is 0. The molecule has 0 fully saturated rings. The van der Waals surface area contributed by atoms with E-state index in [2.05, 4.69) is 0 Å². The quantitative estimate of drug-likeness (QED) is 0.560. The molecule has 0 atom stereocenters. The number of carboxylic acid groups (broad SMARTS) is 2. The van der Waals surface area contributed by atoms with Crippen molar-refractivity contribution in [3.05, 3.63) is 48.6 Å². The van der Waals surface area contributed by atoms with Crippen LogP contribution in [0.3, 0.4) is 0 Å². The molecule has 0 radical (unpaired) electrons. The molecule has 114 valence electrons. The number of hydrogen-bond donors (Lipinski definition) is 2. The third kappa shape index (κ3) is 4.08. The Morgan fingerprint density at radius 1 is 0.667 bits per heavy atom. The zero-order valence-electron chi connectivity index (χ0n) is 12.3. The van der Waals surface area contributed by atoms with E-state index < -0.39 is 22.8 Å². The first-order valence-electron chi connectivity index (χ1n) is 6.40. The van der Waals surface area contributed by atoms with Crippen molar-refractivity contribution in [2.24, 2.45) is 10.8 Å². The lowest BCUT2D eigenvalue weighted by molar-refractivity contribution is -0.158. The number of carbonyl (C=O) groups is 2. The van der Waals surface area contributed by atoms with Gasteiger partial charge in [0.15, 0.2) is 0 Å². The van der Waals surface area contributed by atoms with Crippen molar-refractivity contribution >= 4 is 35.0 Å². The topological polar surface area (TPSA) is 74.6 Å². The van der Waals surface area contributed by atoms with E-state index in [4.69, 9.17) is 0 Å². The summed E-state index contributed by atoms with van der Waals surface area (Å²) in [5, 5.41) is 19.4. The summed E-state index contributed by atoms with van der Waals surface area (Å²) in [5.74, 6) is -2.43. The van der Waals surface area contributed by atoms with Crippen molar-refractivity contribution in [3.8, 4) is 0 Å². The normalized spacial score (nSPS) is 17.9. The van der Waals surface area contributed by atoms with Crippen LogP contribution in [0, 0.1) is 10.8 Å². The van der Waals surface area contributed by atoms with Crippen LogP contribution >= 0.6 is 0 Å². The number of rotatable bonds is 7. The smallest absolute Gasteiger partial charge is 0.319 e. The first kappa shape index (κ1) is 22.0. The lowest BCUT2D eigenvalue weighted by Gasteiger charge is -2.37. The maximum atomic E-state index is 11.9. The number of allylic oxidation sites excluding steroid dienone is 4. The van der Waals surface area contributed by atoms with Gasteiger partial charge in [-0.15, -0.1) is 0 Å². The van der Waals surface area contributed by atoms with Gasteiger partial charge in [-0.25, -0.2) is 0 Å². The van der Waals surface area contributed by atoms with Crippen LogP contribution in [0.15, 0.2) is 48.6 Å². The maximum absolute atomic E-state index is 11.9.